The molecule has 77 heavy (non-hydrogen) atoms. The number of carbonyl (C=O) groups is 4. The maximum absolute atomic E-state index is 13.2. The van der Waals surface area contributed by atoms with Gasteiger partial charge in [0, 0.05) is 19.3 Å². The summed E-state index contributed by atoms with van der Waals surface area (Å²) in [6.07, 6.45) is 54.3. The van der Waals surface area contributed by atoms with Crippen molar-refractivity contribution < 1.29 is 58.2 Å². The Morgan fingerprint density at radius 3 is 1.29 bits per heavy atom. The lowest BCUT2D eigenvalue weighted by Crippen LogP contribution is -2.61. The first-order chi connectivity index (χ1) is 37.6. The first-order valence-electron chi connectivity index (χ1n) is 30.9. The highest BCUT2D eigenvalue weighted by atomic mass is 16.7. The number of carboxylic acids is 1. The highest BCUT2D eigenvalue weighted by Gasteiger charge is 2.50. The molecule has 0 saturated carbocycles. The van der Waals surface area contributed by atoms with Crippen LogP contribution in [0, 0.1) is 0 Å². The highest BCUT2D eigenvalue weighted by Crippen LogP contribution is 2.26. The zero-order valence-corrected chi connectivity index (χ0v) is 48.7. The molecule has 1 saturated heterocycles. The Bertz CT molecular complexity index is 1620. The van der Waals surface area contributed by atoms with Crippen molar-refractivity contribution in [2.45, 2.75) is 302 Å². The predicted octanol–water partition coefficient (Wildman–Crippen LogP) is 16.1. The minimum absolute atomic E-state index is 0.0413. The molecule has 1 aliphatic heterocycles. The summed E-state index contributed by atoms with van der Waals surface area (Å²) >= 11 is 0. The van der Waals surface area contributed by atoms with Crippen LogP contribution in [0.15, 0.2) is 72.9 Å². The Kier molecular flexibility index (Phi) is 48.8. The fraction of sp³-hybridized carbons (Fsp3) is 0.754. The molecule has 0 aromatic carbocycles. The smallest absolute Gasteiger partial charge is 0.335 e. The van der Waals surface area contributed by atoms with Gasteiger partial charge in [0.2, 0.25) is 0 Å². The molecule has 12 heteroatoms. The molecule has 0 aliphatic carbocycles. The highest BCUT2D eigenvalue weighted by molar-refractivity contribution is 5.74. The summed E-state index contributed by atoms with van der Waals surface area (Å²) < 4.78 is 28.5. The standard InChI is InChI=1S/C65H110O12/c1-4-7-10-13-16-19-22-25-28-29-32-33-36-39-42-45-48-51-57(66)73-54-56(75-58(67)52-49-46-43-40-37-34-30-26-23-20-17-14-11-8-5-2)55-74-65-63(61(70)60(69)62(77-65)64(71)72)76-59(68)53-50-47-44-41-38-35-31-27-24-21-18-15-12-9-6-3/h7,10,16,18-19,21,25-28,30-31,56,60-63,65,69-70H,4-6,8-9,11-15,17,20,22-24,29,32-55H2,1-3H3,(H,71,72)/b10-7-,19-16-,21-18-,28-25-,30-26-,31-27-. The van der Waals surface area contributed by atoms with Crippen LogP contribution in [0.4, 0.5) is 0 Å². The van der Waals surface area contributed by atoms with Crippen LogP contribution in [0.1, 0.15) is 265 Å². The van der Waals surface area contributed by atoms with E-state index in [-0.39, 0.29) is 25.9 Å². The van der Waals surface area contributed by atoms with E-state index in [2.05, 4.69) is 93.7 Å². The molecule has 0 spiro atoms. The van der Waals surface area contributed by atoms with Crippen molar-refractivity contribution in [2.24, 2.45) is 0 Å². The molecule has 1 fully saturated rings. The molecule has 0 bridgehead atoms. The predicted molar refractivity (Wildman–Crippen MR) is 312 cm³/mol. The Labute approximate surface area is 468 Å². The van der Waals surface area contributed by atoms with E-state index in [0.717, 1.165) is 141 Å². The third kappa shape index (κ3) is 42.7. The molecule has 3 N–H and O–H groups in total. The molecule has 1 rings (SSSR count). The zero-order valence-electron chi connectivity index (χ0n) is 48.7. The number of unbranched alkanes of at least 4 members (excludes halogenated alkanes) is 26. The number of aliphatic hydroxyl groups is 2. The molecule has 0 amide bonds. The first kappa shape index (κ1) is 71.2. The minimum Gasteiger partial charge on any atom is -0.479 e. The maximum atomic E-state index is 13.2. The summed E-state index contributed by atoms with van der Waals surface area (Å²) in [6.45, 7) is 5.84. The van der Waals surface area contributed by atoms with Crippen molar-refractivity contribution in [3.05, 3.63) is 72.9 Å². The van der Waals surface area contributed by atoms with E-state index in [1.807, 2.05) is 0 Å². The van der Waals surface area contributed by atoms with Gasteiger partial charge in [-0.1, -0.05) is 209 Å². The van der Waals surface area contributed by atoms with Crippen molar-refractivity contribution in [1.82, 2.24) is 0 Å². The number of carbonyl (C=O) groups excluding carboxylic acids is 3. The lowest BCUT2D eigenvalue weighted by Gasteiger charge is -2.40. The second-order valence-electron chi connectivity index (χ2n) is 20.9. The Morgan fingerprint density at radius 2 is 0.818 bits per heavy atom. The molecule has 442 valence electrons. The number of hydrogen-bond donors (Lipinski definition) is 3. The topological polar surface area (TPSA) is 175 Å². The molecule has 12 nitrogen and oxygen atoms in total. The fourth-order valence-electron chi connectivity index (χ4n) is 9.00. The first-order valence-corrected chi connectivity index (χ1v) is 30.9. The van der Waals surface area contributed by atoms with Crippen molar-refractivity contribution in [2.75, 3.05) is 13.2 Å². The summed E-state index contributed by atoms with van der Waals surface area (Å²) in [7, 11) is 0. The Balaban J connectivity index is 2.70. The zero-order chi connectivity index (χ0) is 56.1. The molecule has 6 atom stereocenters. The van der Waals surface area contributed by atoms with Gasteiger partial charge < -0.3 is 39.0 Å². The number of aliphatic hydroxyl groups excluding tert-OH is 2. The number of ether oxygens (including phenoxy) is 5. The van der Waals surface area contributed by atoms with E-state index in [9.17, 15) is 34.5 Å². The number of carboxylic acid groups (broad SMARTS) is 1. The van der Waals surface area contributed by atoms with Crippen LogP contribution in [0.2, 0.25) is 0 Å². The Morgan fingerprint density at radius 1 is 0.442 bits per heavy atom. The molecule has 1 aliphatic rings. The molecule has 0 radical (unpaired) electrons. The Hall–Kier alpha value is -3.84. The van der Waals surface area contributed by atoms with Crippen LogP contribution >= 0.6 is 0 Å². The van der Waals surface area contributed by atoms with E-state index in [1.54, 1.807) is 0 Å². The van der Waals surface area contributed by atoms with E-state index >= 15 is 0 Å². The van der Waals surface area contributed by atoms with E-state index in [0.29, 0.717) is 19.3 Å². The molecule has 1 heterocycles. The lowest BCUT2D eigenvalue weighted by atomic mass is 9.98. The van der Waals surface area contributed by atoms with Crippen LogP contribution in [-0.4, -0.2) is 89.2 Å². The maximum Gasteiger partial charge on any atom is 0.335 e. The number of aliphatic carboxylic acids is 1. The molecule has 0 aromatic rings. The second kappa shape index (κ2) is 52.8. The van der Waals surface area contributed by atoms with Gasteiger partial charge >= 0.3 is 23.9 Å². The van der Waals surface area contributed by atoms with Gasteiger partial charge in [-0.05, 0) is 109 Å². The second-order valence-corrected chi connectivity index (χ2v) is 20.9. The SMILES string of the molecule is CC/C=C\C/C=C\C/C=C\CCCCCCCCCC(=O)OCC(COC1OC(C(=O)O)C(O)C(O)C1OC(=O)CCCCCCC/C=C\C/C=C\CCCCC)OC(=O)CCCCCCC/C=C\CCCCCCCC. The van der Waals surface area contributed by atoms with Crippen LogP contribution in [0.25, 0.3) is 0 Å². The van der Waals surface area contributed by atoms with Gasteiger partial charge in [0.1, 0.15) is 18.8 Å². The fourth-order valence-corrected chi connectivity index (χ4v) is 9.00. The quantitative estimate of drug-likeness (QED) is 0.0228. The lowest BCUT2D eigenvalue weighted by molar-refractivity contribution is -0.301. The van der Waals surface area contributed by atoms with Gasteiger partial charge in [-0.2, -0.15) is 0 Å². The average molecular weight is 1080 g/mol. The average Bonchev–Trinajstić information content (AvgIpc) is 3.42. The third-order valence-electron chi connectivity index (χ3n) is 13.7. The summed E-state index contributed by atoms with van der Waals surface area (Å²) in [6, 6.07) is 0. The van der Waals surface area contributed by atoms with Gasteiger partial charge in [-0.15, -0.1) is 0 Å². The minimum atomic E-state index is -1.91. The van der Waals surface area contributed by atoms with Crippen LogP contribution < -0.4 is 0 Å². The molecular formula is C65H110O12. The van der Waals surface area contributed by atoms with Crippen molar-refractivity contribution in [1.29, 1.82) is 0 Å². The number of rotatable bonds is 52. The van der Waals surface area contributed by atoms with E-state index in [4.69, 9.17) is 23.7 Å². The molecule has 6 unspecified atom stereocenters. The van der Waals surface area contributed by atoms with Gasteiger partial charge in [-0.25, -0.2) is 4.79 Å². The van der Waals surface area contributed by atoms with Gasteiger partial charge in [0.05, 0.1) is 6.61 Å². The van der Waals surface area contributed by atoms with Crippen LogP contribution in [-0.2, 0) is 42.9 Å². The van der Waals surface area contributed by atoms with Gasteiger partial charge in [0.25, 0.3) is 0 Å². The summed E-state index contributed by atoms with van der Waals surface area (Å²) in [5.41, 5.74) is 0. The molecular weight excluding hydrogens is 973 g/mol. The third-order valence-corrected chi connectivity index (χ3v) is 13.7. The molecule has 0 aromatic heterocycles. The summed E-state index contributed by atoms with van der Waals surface area (Å²) in [5.74, 6) is -3.15. The normalized spacial score (nSPS) is 18.5. The van der Waals surface area contributed by atoms with Gasteiger partial charge in [-0.3, -0.25) is 14.4 Å². The van der Waals surface area contributed by atoms with Gasteiger partial charge in [0.15, 0.2) is 24.6 Å². The summed E-state index contributed by atoms with van der Waals surface area (Å²) in [5, 5.41) is 31.5. The van der Waals surface area contributed by atoms with Crippen molar-refractivity contribution in [3.8, 4) is 0 Å². The van der Waals surface area contributed by atoms with Crippen LogP contribution in [0.3, 0.4) is 0 Å². The van der Waals surface area contributed by atoms with Crippen LogP contribution in [0.5, 0.6) is 0 Å². The van der Waals surface area contributed by atoms with E-state index in [1.165, 1.54) is 64.2 Å². The monoisotopic (exact) mass is 1080 g/mol. The van der Waals surface area contributed by atoms with Crippen molar-refractivity contribution in [3.63, 3.8) is 0 Å². The van der Waals surface area contributed by atoms with Crippen molar-refractivity contribution >= 4 is 23.9 Å². The van der Waals surface area contributed by atoms with E-state index < -0.39 is 67.3 Å². The number of hydrogen-bond acceptors (Lipinski definition) is 11. The number of allylic oxidation sites excluding steroid dienone is 12. The summed E-state index contributed by atoms with van der Waals surface area (Å²) in [4.78, 5) is 51.2. The number of esters is 3. The largest absolute Gasteiger partial charge is 0.479 e.